The van der Waals surface area contributed by atoms with Crippen molar-refractivity contribution in [3.8, 4) is 0 Å². The van der Waals surface area contributed by atoms with Gasteiger partial charge in [0.2, 0.25) is 5.91 Å². The zero-order chi connectivity index (χ0) is 16.6. The van der Waals surface area contributed by atoms with Crippen molar-refractivity contribution in [1.29, 1.82) is 0 Å². The van der Waals surface area contributed by atoms with Crippen molar-refractivity contribution in [2.45, 2.75) is 40.2 Å². The Morgan fingerprint density at radius 2 is 1.96 bits per heavy atom. The molecule has 0 fully saturated rings. The van der Waals surface area contributed by atoms with Crippen molar-refractivity contribution < 1.29 is 4.79 Å². The summed E-state index contributed by atoms with van der Waals surface area (Å²) >= 11 is 0. The molecule has 0 aliphatic carbocycles. The number of carbonyl (C=O) groups is 1. The number of benzene rings is 1. The summed E-state index contributed by atoms with van der Waals surface area (Å²) in [6.45, 7) is 7.88. The minimum Gasteiger partial charge on any atom is -0.337 e. The zero-order valence-electron chi connectivity index (χ0n) is 14.1. The van der Waals surface area contributed by atoms with Crippen LogP contribution in [0.5, 0.6) is 0 Å². The predicted octanol–water partition coefficient (Wildman–Crippen LogP) is 4.15. The number of hydrogen-bond acceptors (Lipinski definition) is 3. The molecule has 2 heterocycles. The number of nitrogens with one attached hydrogen (secondary N) is 1. The number of anilines is 3. The lowest BCUT2D eigenvalue weighted by Gasteiger charge is -2.25. The summed E-state index contributed by atoms with van der Waals surface area (Å²) in [5.74, 6) is 0.562. The molecule has 1 unspecified atom stereocenters. The van der Waals surface area contributed by atoms with E-state index in [1.165, 1.54) is 11.3 Å². The van der Waals surface area contributed by atoms with Gasteiger partial charge in [0.1, 0.15) is 5.82 Å². The van der Waals surface area contributed by atoms with E-state index in [-0.39, 0.29) is 5.91 Å². The molecule has 4 nitrogen and oxygen atoms in total. The van der Waals surface area contributed by atoms with Crippen LogP contribution in [0.1, 0.15) is 33.3 Å². The Balaban J connectivity index is 1.82. The Morgan fingerprint density at radius 3 is 2.61 bits per heavy atom. The average molecular weight is 309 g/mol. The topological polar surface area (TPSA) is 45.2 Å². The van der Waals surface area contributed by atoms with E-state index >= 15 is 0 Å². The Bertz CT molecular complexity index is 716. The van der Waals surface area contributed by atoms with Crippen LogP contribution in [0.25, 0.3) is 0 Å². The number of aromatic nitrogens is 1. The molecule has 23 heavy (non-hydrogen) atoms. The fourth-order valence-corrected chi connectivity index (χ4v) is 2.87. The highest BCUT2D eigenvalue weighted by atomic mass is 16.2. The fraction of sp³-hybridized carbons (Fsp3) is 0.368. The van der Waals surface area contributed by atoms with Gasteiger partial charge in [-0.15, -0.1) is 0 Å². The van der Waals surface area contributed by atoms with Crippen molar-refractivity contribution in [2.75, 3.05) is 10.2 Å². The molecular weight excluding hydrogens is 286 g/mol. The zero-order valence-corrected chi connectivity index (χ0v) is 14.1. The predicted molar refractivity (Wildman–Crippen MR) is 94.1 cm³/mol. The third kappa shape index (κ3) is 3.07. The summed E-state index contributed by atoms with van der Waals surface area (Å²) in [6.07, 6.45) is 2.87. The van der Waals surface area contributed by atoms with Gasteiger partial charge in [-0.05, 0) is 37.1 Å². The monoisotopic (exact) mass is 309 g/mol. The second-order valence-electron chi connectivity index (χ2n) is 7.16. The molecule has 1 aliphatic rings. The standard InChI is InChI=1S/C19H23N3O/c1-13-11-14-7-5-6-8-16(14)22(13)15-9-10-17(20-12-15)21-18(23)19(2,3)4/h5-10,12-13H,11H2,1-4H3,(H,20,21,23). The molecule has 1 aromatic carbocycles. The highest BCUT2D eigenvalue weighted by molar-refractivity contribution is 5.93. The van der Waals surface area contributed by atoms with Crippen molar-refractivity contribution >= 4 is 23.1 Å². The van der Waals surface area contributed by atoms with Crippen LogP contribution in [0.15, 0.2) is 42.6 Å². The minimum absolute atomic E-state index is 0.0300. The number of hydrogen-bond donors (Lipinski definition) is 1. The number of para-hydroxylation sites is 1. The molecule has 1 atom stereocenters. The summed E-state index contributed by atoms with van der Waals surface area (Å²) in [6, 6.07) is 12.8. The van der Waals surface area contributed by atoms with E-state index < -0.39 is 5.41 Å². The van der Waals surface area contributed by atoms with Crippen LogP contribution in [0.4, 0.5) is 17.2 Å². The molecule has 2 aromatic rings. The first kappa shape index (κ1) is 15.5. The summed E-state index contributed by atoms with van der Waals surface area (Å²) in [4.78, 5) is 18.7. The van der Waals surface area contributed by atoms with Gasteiger partial charge in [0, 0.05) is 17.1 Å². The molecule has 1 amide bonds. The molecule has 0 bridgehead atoms. The maximum Gasteiger partial charge on any atom is 0.230 e. The van der Waals surface area contributed by atoms with Gasteiger partial charge in [-0.3, -0.25) is 4.79 Å². The summed E-state index contributed by atoms with van der Waals surface area (Å²) in [5.41, 5.74) is 3.23. The summed E-state index contributed by atoms with van der Waals surface area (Å²) in [5, 5.41) is 2.86. The number of amides is 1. The average Bonchev–Trinajstić information content (AvgIpc) is 2.83. The first-order valence-corrected chi connectivity index (χ1v) is 8.01. The molecule has 0 saturated heterocycles. The van der Waals surface area contributed by atoms with E-state index in [1.807, 2.05) is 39.1 Å². The summed E-state index contributed by atoms with van der Waals surface area (Å²) < 4.78 is 0. The number of nitrogens with zero attached hydrogens (tertiary/aromatic N) is 2. The van der Waals surface area contributed by atoms with Crippen LogP contribution in [-0.2, 0) is 11.2 Å². The van der Waals surface area contributed by atoms with Gasteiger partial charge in [-0.1, -0.05) is 39.0 Å². The number of fused-ring (bicyclic) bond motifs is 1. The van der Waals surface area contributed by atoms with Gasteiger partial charge < -0.3 is 10.2 Å². The fourth-order valence-electron chi connectivity index (χ4n) is 2.87. The maximum atomic E-state index is 12.0. The first-order valence-electron chi connectivity index (χ1n) is 8.01. The van der Waals surface area contributed by atoms with E-state index in [1.54, 1.807) is 0 Å². The molecule has 1 N–H and O–H groups in total. The second kappa shape index (κ2) is 5.69. The molecular formula is C19H23N3O. The van der Waals surface area contributed by atoms with Crippen LogP contribution in [0.2, 0.25) is 0 Å². The Hall–Kier alpha value is -2.36. The lowest BCUT2D eigenvalue weighted by atomic mass is 9.96. The van der Waals surface area contributed by atoms with Crippen LogP contribution >= 0.6 is 0 Å². The van der Waals surface area contributed by atoms with Gasteiger partial charge in [-0.25, -0.2) is 4.98 Å². The highest BCUT2D eigenvalue weighted by Crippen LogP contribution is 2.37. The Kier molecular flexibility index (Phi) is 3.84. The molecule has 0 radical (unpaired) electrons. The molecule has 3 rings (SSSR count). The SMILES string of the molecule is CC1Cc2ccccc2N1c1ccc(NC(=O)C(C)(C)C)nc1. The third-order valence-corrected chi connectivity index (χ3v) is 4.16. The van der Waals surface area contributed by atoms with E-state index in [4.69, 9.17) is 0 Å². The lowest BCUT2D eigenvalue weighted by molar-refractivity contribution is -0.123. The van der Waals surface area contributed by atoms with Crippen LogP contribution in [0.3, 0.4) is 0 Å². The van der Waals surface area contributed by atoms with Crippen LogP contribution in [0, 0.1) is 5.41 Å². The van der Waals surface area contributed by atoms with Crippen molar-refractivity contribution in [3.05, 3.63) is 48.2 Å². The molecule has 4 heteroatoms. The van der Waals surface area contributed by atoms with Crippen LogP contribution in [-0.4, -0.2) is 16.9 Å². The normalized spacial score (nSPS) is 17.0. The van der Waals surface area contributed by atoms with Gasteiger partial charge in [0.05, 0.1) is 11.9 Å². The van der Waals surface area contributed by atoms with Crippen molar-refractivity contribution in [3.63, 3.8) is 0 Å². The molecule has 120 valence electrons. The summed E-state index contributed by atoms with van der Waals surface area (Å²) in [7, 11) is 0. The maximum absolute atomic E-state index is 12.0. The van der Waals surface area contributed by atoms with Gasteiger partial charge in [0.25, 0.3) is 0 Å². The van der Waals surface area contributed by atoms with Crippen molar-refractivity contribution in [2.24, 2.45) is 5.41 Å². The second-order valence-corrected chi connectivity index (χ2v) is 7.16. The number of pyridine rings is 1. The Morgan fingerprint density at radius 1 is 1.22 bits per heavy atom. The van der Waals surface area contributed by atoms with Crippen molar-refractivity contribution in [1.82, 2.24) is 4.98 Å². The lowest BCUT2D eigenvalue weighted by Crippen LogP contribution is -2.28. The van der Waals surface area contributed by atoms with Gasteiger partial charge >= 0.3 is 0 Å². The highest BCUT2D eigenvalue weighted by Gasteiger charge is 2.27. The minimum atomic E-state index is -0.428. The van der Waals surface area contributed by atoms with E-state index in [0.717, 1.165) is 12.1 Å². The largest absolute Gasteiger partial charge is 0.337 e. The molecule has 0 saturated carbocycles. The van der Waals surface area contributed by atoms with Gasteiger partial charge in [-0.2, -0.15) is 0 Å². The van der Waals surface area contributed by atoms with Gasteiger partial charge in [0.15, 0.2) is 0 Å². The number of carbonyl (C=O) groups excluding carboxylic acids is 1. The first-order chi connectivity index (χ1) is 10.9. The molecule has 1 aliphatic heterocycles. The Labute approximate surface area is 137 Å². The van der Waals surface area contributed by atoms with E-state index in [0.29, 0.717) is 11.9 Å². The quantitative estimate of drug-likeness (QED) is 0.906. The van der Waals surface area contributed by atoms with E-state index in [9.17, 15) is 4.79 Å². The molecule has 0 spiro atoms. The molecule has 1 aromatic heterocycles. The van der Waals surface area contributed by atoms with Crippen LogP contribution < -0.4 is 10.2 Å². The smallest absolute Gasteiger partial charge is 0.230 e. The number of rotatable bonds is 2. The van der Waals surface area contributed by atoms with E-state index in [2.05, 4.69) is 46.4 Å². The third-order valence-electron chi connectivity index (χ3n) is 4.16.